The fourth-order valence-corrected chi connectivity index (χ4v) is 4.35. The molecule has 1 saturated heterocycles. The molecule has 1 aliphatic rings. The van der Waals surface area contributed by atoms with Crippen molar-refractivity contribution in [2.75, 3.05) is 19.6 Å². The van der Waals surface area contributed by atoms with Crippen LogP contribution in [0.15, 0.2) is 29.2 Å². The SMILES string of the molecule is O=C(O)c1ccccc1S(=O)(=O)N1CCC(C(=O)NCC(F)(F)F)CC1. The van der Waals surface area contributed by atoms with E-state index in [-0.39, 0.29) is 36.4 Å². The highest BCUT2D eigenvalue weighted by Gasteiger charge is 2.35. The fraction of sp³-hybridized carbons (Fsp3) is 0.467. The predicted molar refractivity (Wildman–Crippen MR) is 83.9 cm³/mol. The molecule has 0 aromatic heterocycles. The van der Waals surface area contributed by atoms with Crippen molar-refractivity contribution in [1.29, 1.82) is 0 Å². The van der Waals surface area contributed by atoms with E-state index in [0.29, 0.717) is 0 Å². The lowest BCUT2D eigenvalue weighted by Crippen LogP contribution is -2.44. The van der Waals surface area contributed by atoms with Crippen molar-refractivity contribution in [3.63, 3.8) is 0 Å². The average Bonchev–Trinajstić information content (AvgIpc) is 2.59. The minimum absolute atomic E-state index is 0.0537. The summed E-state index contributed by atoms with van der Waals surface area (Å²) in [4.78, 5) is 22.6. The maximum atomic E-state index is 12.7. The highest BCUT2D eigenvalue weighted by atomic mass is 32.2. The van der Waals surface area contributed by atoms with Gasteiger partial charge < -0.3 is 10.4 Å². The summed E-state index contributed by atoms with van der Waals surface area (Å²) in [6.07, 6.45) is -4.41. The summed E-state index contributed by atoms with van der Waals surface area (Å²) in [7, 11) is -4.08. The number of nitrogens with zero attached hydrogens (tertiary/aromatic N) is 1. The number of aromatic carboxylic acids is 1. The smallest absolute Gasteiger partial charge is 0.405 e. The first-order chi connectivity index (χ1) is 12.0. The normalized spacial score (nSPS) is 17.0. The van der Waals surface area contributed by atoms with E-state index in [1.807, 2.05) is 0 Å². The Morgan fingerprint density at radius 2 is 1.77 bits per heavy atom. The van der Waals surface area contributed by atoms with Gasteiger partial charge in [0.1, 0.15) is 6.54 Å². The number of hydrogen-bond acceptors (Lipinski definition) is 4. The van der Waals surface area contributed by atoms with Crippen LogP contribution in [0.4, 0.5) is 13.2 Å². The number of sulfonamides is 1. The second kappa shape index (κ2) is 7.62. The van der Waals surface area contributed by atoms with Crippen molar-refractivity contribution in [3.05, 3.63) is 29.8 Å². The minimum Gasteiger partial charge on any atom is -0.478 e. The molecule has 26 heavy (non-hydrogen) atoms. The lowest BCUT2D eigenvalue weighted by molar-refractivity contribution is -0.141. The standard InChI is InChI=1S/C15H17F3N2O5S/c16-15(17,18)9-19-13(21)10-5-7-20(8-6-10)26(24,25)12-4-2-1-3-11(12)14(22)23/h1-4,10H,5-9H2,(H,19,21)(H,22,23). The zero-order valence-electron chi connectivity index (χ0n) is 13.5. The molecule has 0 radical (unpaired) electrons. The van der Waals surface area contributed by atoms with Crippen molar-refractivity contribution in [3.8, 4) is 0 Å². The Morgan fingerprint density at radius 3 is 2.31 bits per heavy atom. The summed E-state index contributed by atoms with van der Waals surface area (Å²) >= 11 is 0. The molecular weight excluding hydrogens is 377 g/mol. The van der Waals surface area contributed by atoms with Crippen molar-refractivity contribution in [2.24, 2.45) is 5.92 Å². The Balaban J connectivity index is 2.05. The summed E-state index contributed by atoms with van der Waals surface area (Å²) in [5.41, 5.74) is -0.363. The highest BCUT2D eigenvalue weighted by molar-refractivity contribution is 7.89. The van der Waals surface area contributed by atoms with E-state index in [4.69, 9.17) is 5.11 Å². The van der Waals surface area contributed by atoms with E-state index >= 15 is 0 Å². The number of alkyl halides is 3. The lowest BCUT2D eigenvalue weighted by Gasteiger charge is -2.30. The van der Waals surface area contributed by atoms with Gasteiger partial charge in [0.05, 0.1) is 10.5 Å². The molecule has 1 amide bonds. The molecule has 144 valence electrons. The van der Waals surface area contributed by atoms with Crippen LogP contribution < -0.4 is 5.32 Å². The number of halogens is 3. The van der Waals surface area contributed by atoms with Gasteiger partial charge in [-0.25, -0.2) is 13.2 Å². The zero-order valence-corrected chi connectivity index (χ0v) is 14.3. The van der Waals surface area contributed by atoms with E-state index in [2.05, 4.69) is 0 Å². The molecule has 0 saturated carbocycles. The van der Waals surface area contributed by atoms with Gasteiger partial charge in [0.25, 0.3) is 0 Å². The first-order valence-electron chi connectivity index (χ1n) is 7.69. The first kappa shape index (κ1) is 20.2. The molecule has 0 spiro atoms. The van der Waals surface area contributed by atoms with E-state index in [1.165, 1.54) is 24.3 Å². The molecule has 1 fully saturated rings. The molecule has 0 unspecified atom stereocenters. The van der Waals surface area contributed by atoms with Crippen LogP contribution in [-0.4, -0.2) is 55.5 Å². The molecule has 0 aliphatic carbocycles. The Labute approximate surface area is 147 Å². The summed E-state index contributed by atoms with van der Waals surface area (Å²) in [5.74, 6) is -2.88. The molecule has 1 aromatic rings. The average molecular weight is 394 g/mol. The monoisotopic (exact) mass is 394 g/mol. The number of carboxylic acids is 1. The molecule has 1 aliphatic heterocycles. The summed E-state index contributed by atoms with van der Waals surface area (Å²) < 4.78 is 62.8. The number of carboxylic acid groups (broad SMARTS) is 1. The molecular formula is C15H17F3N2O5S. The molecule has 2 rings (SSSR count). The van der Waals surface area contributed by atoms with Crippen LogP contribution in [0.3, 0.4) is 0 Å². The number of piperidine rings is 1. The number of carbonyl (C=O) groups excluding carboxylic acids is 1. The van der Waals surface area contributed by atoms with Gasteiger partial charge >= 0.3 is 12.1 Å². The molecule has 1 heterocycles. The maximum Gasteiger partial charge on any atom is 0.405 e. The topological polar surface area (TPSA) is 104 Å². The Kier molecular flexibility index (Phi) is 5.91. The van der Waals surface area contributed by atoms with Crippen LogP contribution in [0.2, 0.25) is 0 Å². The molecule has 0 bridgehead atoms. The van der Waals surface area contributed by atoms with Gasteiger partial charge in [-0.2, -0.15) is 17.5 Å². The summed E-state index contributed by atoms with van der Waals surface area (Å²) in [6.45, 7) is -1.60. The molecule has 2 N–H and O–H groups in total. The number of hydrogen-bond donors (Lipinski definition) is 2. The van der Waals surface area contributed by atoms with Crippen LogP contribution in [0, 0.1) is 5.92 Å². The van der Waals surface area contributed by atoms with Crippen LogP contribution >= 0.6 is 0 Å². The van der Waals surface area contributed by atoms with Crippen LogP contribution in [0.5, 0.6) is 0 Å². The van der Waals surface area contributed by atoms with Crippen LogP contribution in [-0.2, 0) is 14.8 Å². The van der Waals surface area contributed by atoms with E-state index in [1.54, 1.807) is 5.32 Å². The van der Waals surface area contributed by atoms with Crippen molar-refractivity contribution in [2.45, 2.75) is 23.9 Å². The Morgan fingerprint density at radius 1 is 1.19 bits per heavy atom. The van der Waals surface area contributed by atoms with Crippen molar-refractivity contribution < 1.29 is 36.3 Å². The van der Waals surface area contributed by atoms with Crippen molar-refractivity contribution in [1.82, 2.24) is 9.62 Å². The van der Waals surface area contributed by atoms with Gasteiger partial charge in [-0.3, -0.25) is 4.79 Å². The third-order valence-electron chi connectivity index (χ3n) is 4.02. The molecule has 7 nitrogen and oxygen atoms in total. The Hall–Kier alpha value is -2.14. The van der Waals surface area contributed by atoms with Gasteiger partial charge in [-0.15, -0.1) is 0 Å². The van der Waals surface area contributed by atoms with Gasteiger partial charge in [0.2, 0.25) is 15.9 Å². The van der Waals surface area contributed by atoms with Crippen molar-refractivity contribution >= 4 is 21.9 Å². The van der Waals surface area contributed by atoms with Gasteiger partial charge in [0, 0.05) is 19.0 Å². The predicted octanol–water partition coefficient (Wildman–Crippen LogP) is 1.46. The summed E-state index contributed by atoms with van der Waals surface area (Å²) in [6, 6.07) is 5.16. The third-order valence-corrected chi connectivity index (χ3v) is 5.98. The molecule has 11 heteroatoms. The van der Waals surface area contributed by atoms with Crippen LogP contribution in [0.25, 0.3) is 0 Å². The number of benzene rings is 1. The van der Waals surface area contributed by atoms with E-state index in [9.17, 15) is 31.2 Å². The van der Waals surface area contributed by atoms with E-state index in [0.717, 1.165) is 4.31 Å². The minimum atomic E-state index is -4.51. The second-order valence-electron chi connectivity index (χ2n) is 5.81. The number of amides is 1. The number of nitrogens with one attached hydrogen (secondary N) is 1. The second-order valence-corrected chi connectivity index (χ2v) is 7.72. The Bertz CT molecular complexity index is 787. The van der Waals surface area contributed by atoms with E-state index < -0.39 is 40.5 Å². The maximum absolute atomic E-state index is 12.7. The quantitative estimate of drug-likeness (QED) is 0.787. The first-order valence-corrected chi connectivity index (χ1v) is 9.13. The molecule has 1 aromatic carbocycles. The largest absolute Gasteiger partial charge is 0.478 e. The number of carbonyl (C=O) groups is 2. The fourth-order valence-electron chi connectivity index (χ4n) is 2.70. The van der Waals surface area contributed by atoms with Crippen LogP contribution in [0.1, 0.15) is 23.2 Å². The van der Waals surface area contributed by atoms with Gasteiger partial charge in [-0.1, -0.05) is 12.1 Å². The lowest BCUT2D eigenvalue weighted by atomic mass is 9.97. The molecule has 0 atom stereocenters. The zero-order chi connectivity index (χ0) is 19.5. The summed E-state index contributed by atoms with van der Waals surface area (Å²) in [5, 5.41) is 10.9. The highest BCUT2D eigenvalue weighted by Crippen LogP contribution is 2.26. The van der Waals surface area contributed by atoms with Gasteiger partial charge in [-0.05, 0) is 25.0 Å². The third kappa shape index (κ3) is 4.73. The van der Waals surface area contributed by atoms with Gasteiger partial charge in [0.15, 0.2) is 0 Å². The number of rotatable bonds is 5.